The predicted octanol–water partition coefficient (Wildman–Crippen LogP) is 4.93. The Labute approximate surface area is 271 Å². The Bertz CT molecular complexity index is 1310. The van der Waals surface area contributed by atoms with Crippen molar-refractivity contribution in [3.8, 4) is 11.5 Å². The van der Waals surface area contributed by atoms with Gasteiger partial charge in [0, 0.05) is 38.8 Å². The molecule has 3 fully saturated rings. The van der Waals surface area contributed by atoms with Crippen molar-refractivity contribution in [2.75, 3.05) is 26.7 Å². The number of aliphatic hydroxyl groups is 1. The summed E-state index contributed by atoms with van der Waals surface area (Å²) in [6.45, 7) is 4.71. The van der Waals surface area contributed by atoms with Crippen LogP contribution in [0.25, 0.3) is 0 Å². The molecule has 11 heteroatoms. The Morgan fingerprint density at radius 1 is 1.14 bits per heavy atom. The van der Waals surface area contributed by atoms with Crippen LogP contribution < -0.4 is 15.4 Å². The monoisotopic (exact) mass is 646 g/mol. The van der Waals surface area contributed by atoms with Gasteiger partial charge in [0.05, 0.1) is 11.1 Å². The highest BCUT2D eigenvalue weighted by atomic mass is 35.5. The fourth-order valence-electron chi connectivity index (χ4n) is 6.78. The van der Waals surface area contributed by atoms with Gasteiger partial charge < -0.3 is 25.4 Å². The number of ether oxygens (including phenoxy) is 1. The zero-order valence-electron chi connectivity index (χ0n) is 25.5. The number of halogens is 2. The number of amides is 3. The Hall–Kier alpha value is -2.85. The van der Waals surface area contributed by atoms with E-state index in [2.05, 4.69) is 22.5 Å². The molecule has 2 heterocycles. The van der Waals surface area contributed by atoms with Gasteiger partial charge in [-0.2, -0.15) is 0 Å². The minimum absolute atomic E-state index is 0. The third-order valence-corrected chi connectivity index (χ3v) is 9.67. The van der Waals surface area contributed by atoms with Crippen LogP contribution in [0.4, 0.5) is 0 Å². The number of unbranched alkanes of at least 4 members (excludes halogenated alkanes) is 1. The van der Waals surface area contributed by atoms with Crippen LogP contribution in [0.3, 0.4) is 0 Å². The van der Waals surface area contributed by atoms with E-state index in [0.717, 1.165) is 44.1 Å². The summed E-state index contributed by atoms with van der Waals surface area (Å²) >= 11 is 6.34. The maximum atomic E-state index is 13.8. The number of nitrogens with one attached hydrogen (secondary N) is 2. The van der Waals surface area contributed by atoms with E-state index in [4.69, 9.17) is 16.3 Å². The SMILES string of the molecule is CCCCN1C(=O)[C@@H]([C@H](O)C2CCCC2)NC(=O)C12CCN(Cc1ccc(Oc3ccc(C(=O)NC)cc3Cl)cc1)CC2.Cl. The van der Waals surface area contributed by atoms with E-state index >= 15 is 0 Å². The van der Waals surface area contributed by atoms with Gasteiger partial charge >= 0.3 is 0 Å². The second kappa shape index (κ2) is 15.0. The number of hydrogen-bond donors (Lipinski definition) is 3. The molecule has 0 radical (unpaired) electrons. The third kappa shape index (κ3) is 7.17. The number of carbonyl (C=O) groups is 3. The molecule has 3 amide bonds. The van der Waals surface area contributed by atoms with E-state index < -0.39 is 17.7 Å². The lowest BCUT2D eigenvalue weighted by Crippen LogP contribution is -2.75. The topological polar surface area (TPSA) is 111 Å². The number of nitrogens with zero attached hydrogens (tertiary/aromatic N) is 2. The molecule has 1 spiro atoms. The average molecular weight is 648 g/mol. The first-order valence-electron chi connectivity index (χ1n) is 15.6. The maximum Gasteiger partial charge on any atom is 0.251 e. The first-order chi connectivity index (χ1) is 20.8. The second-order valence-electron chi connectivity index (χ2n) is 12.1. The van der Waals surface area contributed by atoms with E-state index in [1.807, 2.05) is 29.2 Å². The number of piperazine rings is 1. The number of aliphatic hydroxyl groups excluding tert-OH is 1. The van der Waals surface area contributed by atoms with E-state index in [1.165, 1.54) is 0 Å². The molecular formula is C33H44Cl2N4O5. The van der Waals surface area contributed by atoms with Gasteiger partial charge in [0.2, 0.25) is 11.8 Å². The first kappa shape index (κ1) is 34.0. The number of likely N-dealkylation sites (tertiary alicyclic amines) is 1. The summed E-state index contributed by atoms with van der Waals surface area (Å²) in [4.78, 5) is 43.4. The average Bonchev–Trinajstić information content (AvgIpc) is 3.56. The summed E-state index contributed by atoms with van der Waals surface area (Å²) < 4.78 is 5.94. The molecular weight excluding hydrogens is 603 g/mol. The predicted molar refractivity (Wildman–Crippen MR) is 172 cm³/mol. The zero-order chi connectivity index (χ0) is 30.6. The summed E-state index contributed by atoms with van der Waals surface area (Å²) in [7, 11) is 1.57. The Kier molecular flexibility index (Phi) is 11.6. The van der Waals surface area contributed by atoms with Crippen molar-refractivity contribution in [1.82, 2.24) is 20.4 Å². The largest absolute Gasteiger partial charge is 0.456 e. The molecule has 9 nitrogen and oxygen atoms in total. The normalized spacial score (nSPS) is 21.1. The van der Waals surface area contributed by atoms with Gasteiger partial charge in [0.15, 0.2) is 0 Å². The number of rotatable bonds is 10. The van der Waals surface area contributed by atoms with Gasteiger partial charge in [-0.1, -0.05) is 49.9 Å². The molecule has 3 aliphatic rings. The van der Waals surface area contributed by atoms with Gasteiger partial charge in [0.1, 0.15) is 23.1 Å². The Morgan fingerprint density at radius 2 is 1.82 bits per heavy atom. The fraction of sp³-hybridized carbons (Fsp3) is 0.545. The van der Waals surface area contributed by atoms with Crippen molar-refractivity contribution in [2.45, 2.75) is 82.5 Å². The lowest BCUT2D eigenvalue weighted by Gasteiger charge is -2.52. The molecule has 2 atom stereocenters. The molecule has 0 aromatic heterocycles. The molecule has 3 N–H and O–H groups in total. The second-order valence-corrected chi connectivity index (χ2v) is 12.5. The van der Waals surface area contributed by atoms with Crippen LogP contribution >= 0.6 is 24.0 Å². The minimum atomic E-state index is -0.862. The Balaban J connectivity index is 0.00000442. The highest BCUT2D eigenvalue weighted by molar-refractivity contribution is 6.32. The molecule has 1 aliphatic carbocycles. The van der Waals surface area contributed by atoms with E-state index in [0.29, 0.717) is 61.1 Å². The molecule has 5 rings (SSSR count). The van der Waals surface area contributed by atoms with Crippen molar-refractivity contribution < 1.29 is 24.2 Å². The Morgan fingerprint density at radius 3 is 2.43 bits per heavy atom. The van der Waals surface area contributed by atoms with Gasteiger partial charge in [-0.15, -0.1) is 12.4 Å². The summed E-state index contributed by atoms with van der Waals surface area (Å²) in [6, 6.07) is 11.9. The number of hydrogen-bond acceptors (Lipinski definition) is 6. The first-order valence-corrected chi connectivity index (χ1v) is 15.9. The highest BCUT2D eigenvalue weighted by Gasteiger charge is 2.55. The number of benzene rings is 2. The summed E-state index contributed by atoms with van der Waals surface area (Å²) in [6.07, 6.45) is 5.99. The molecule has 0 unspecified atom stereocenters. The lowest BCUT2D eigenvalue weighted by atomic mass is 9.80. The quantitative estimate of drug-likeness (QED) is 0.338. The molecule has 1 saturated carbocycles. The van der Waals surface area contributed by atoms with Crippen molar-refractivity contribution in [3.63, 3.8) is 0 Å². The molecule has 240 valence electrons. The summed E-state index contributed by atoms with van der Waals surface area (Å²) in [5, 5.41) is 17.0. The van der Waals surface area contributed by atoms with E-state index in [-0.39, 0.29) is 36.0 Å². The maximum absolute atomic E-state index is 13.8. The van der Waals surface area contributed by atoms with Crippen molar-refractivity contribution >= 4 is 41.7 Å². The van der Waals surface area contributed by atoms with Gasteiger partial charge in [-0.05, 0) is 73.9 Å². The summed E-state index contributed by atoms with van der Waals surface area (Å²) in [5.41, 5.74) is 0.707. The van der Waals surface area contributed by atoms with Crippen LogP contribution in [0.5, 0.6) is 11.5 Å². The van der Waals surface area contributed by atoms with Crippen LogP contribution in [0, 0.1) is 5.92 Å². The van der Waals surface area contributed by atoms with Crippen LogP contribution in [0.15, 0.2) is 42.5 Å². The standard InChI is InChI=1S/C33H43ClN4O5.ClH/c1-3-4-17-38-31(41)28(29(39)23-7-5-6-8-23)36-32(42)33(38)15-18-37(19-16-33)21-22-9-12-25(13-10-22)43-27-14-11-24(20-26(27)34)30(40)35-2;/h9-14,20,23,28-29,39H,3-8,15-19,21H2,1-2H3,(H,35,40)(H,36,42);1H/t28-,29-;/m1./s1. The van der Waals surface area contributed by atoms with Crippen LogP contribution in [0.2, 0.25) is 5.02 Å². The molecule has 2 aliphatic heterocycles. The van der Waals surface area contributed by atoms with Crippen molar-refractivity contribution in [3.05, 3.63) is 58.6 Å². The number of piperidine rings is 1. The molecule has 2 saturated heterocycles. The lowest BCUT2D eigenvalue weighted by molar-refractivity contribution is -0.165. The van der Waals surface area contributed by atoms with Gasteiger partial charge in [-0.3, -0.25) is 19.3 Å². The molecule has 44 heavy (non-hydrogen) atoms. The fourth-order valence-corrected chi connectivity index (χ4v) is 7.00. The van der Waals surface area contributed by atoms with Gasteiger partial charge in [0.25, 0.3) is 5.91 Å². The van der Waals surface area contributed by atoms with Crippen molar-refractivity contribution in [1.29, 1.82) is 0 Å². The minimum Gasteiger partial charge on any atom is -0.456 e. The zero-order valence-corrected chi connectivity index (χ0v) is 27.1. The summed E-state index contributed by atoms with van der Waals surface area (Å²) in [5.74, 6) is 0.714. The van der Waals surface area contributed by atoms with Crippen LogP contribution in [-0.4, -0.2) is 77.0 Å². The van der Waals surface area contributed by atoms with E-state index in [1.54, 1.807) is 25.2 Å². The van der Waals surface area contributed by atoms with Gasteiger partial charge in [-0.25, -0.2) is 0 Å². The third-order valence-electron chi connectivity index (χ3n) is 9.38. The van der Waals surface area contributed by atoms with E-state index in [9.17, 15) is 19.5 Å². The van der Waals surface area contributed by atoms with Crippen LogP contribution in [0.1, 0.15) is 74.2 Å². The molecule has 2 aromatic rings. The number of carbonyl (C=O) groups excluding carboxylic acids is 3. The highest BCUT2D eigenvalue weighted by Crippen LogP contribution is 2.37. The smallest absolute Gasteiger partial charge is 0.251 e. The molecule has 0 bridgehead atoms. The molecule has 2 aromatic carbocycles. The van der Waals surface area contributed by atoms with Crippen LogP contribution in [-0.2, 0) is 16.1 Å². The van der Waals surface area contributed by atoms with Crippen molar-refractivity contribution in [2.24, 2.45) is 5.92 Å².